The fourth-order valence-electron chi connectivity index (χ4n) is 1.83. The number of aliphatic carboxylic acids is 1. The standard InChI is InChI=1S/C12H16N4O2/c1-7-6-9-11(13-5-3-4-10(17)18)15-8(2)16-12(9)14-7/h6H,3-5H2,1-2H3,(H,17,18)(H2,13,14,15,16). The molecule has 0 atom stereocenters. The minimum Gasteiger partial charge on any atom is -0.481 e. The van der Waals surface area contributed by atoms with Gasteiger partial charge in [-0.05, 0) is 26.3 Å². The zero-order valence-electron chi connectivity index (χ0n) is 10.4. The summed E-state index contributed by atoms with van der Waals surface area (Å²) < 4.78 is 0. The third kappa shape index (κ3) is 2.77. The van der Waals surface area contributed by atoms with E-state index in [1.807, 2.05) is 19.9 Å². The molecule has 2 aromatic rings. The average molecular weight is 248 g/mol. The van der Waals surface area contributed by atoms with Gasteiger partial charge in [-0.25, -0.2) is 9.97 Å². The molecule has 0 spiro atoms. The lowest BCUT2D eigenvalue weighted by Gasteiger charge is -2.06. The van der Waals surface area contributed by atoms with Gasteiger partial charge in [-0.1, -0.05) is 0 Å². The van der Waals surface area contributed by atoms with E-state index >= 15 is 0 Å². The summed E-state index contributed by atoms with van der Waals surface area (Å²) in [5.41, 5.74) is 1.83. The van der Waals surface area contributed by atoms with Gasteiger partial charge in [0.1, 0.15) is 17.3 Å². The number of rotatable bonds is 5. The maximum atomic E-state index is 10.4. The molecule has 0 unspecified atom stereocenters. The minimum absolute atomic E-state index is 0.159. The second-order valence-electron chi connectivity index (χ2n) is 4.26. The Balaban J connectivity index is 2.14. The van der Waals surface area contributed by atoms with E-state index in [0.29, 0.717) is 18.8 Å². The number of anilines is 1. The first kappa shape index (κ1) is 12.3. The maximum Gasteiger partial charge on any atom is 0.303 e. The van der Waals surface area contributed by atoms with Gasteiger partial charge in [0.05, 0.1) is 5.39 Å². The van der Waals surface area contributed by atoms with Gasteiger partial charge in [0, 0.05) is 18.7 Å². The zero-order valence-corrected chi connectivity index (χ0v) is 10.4. The van der Waals surface area contributed by atoms with Crippen LogP contribution in [-0.2, 0) is 4.79 Å². The number of nitrogens with one attached hydrogen (secondary N) is 2. The van der Waals surface area contributed by atoms with Crippen LogP contribution in [0.4, 0.5) is 5.82 Å². The van der Waals surface area contributed by atoms with Crippen LogP contribution in [0.15, 0.2) is 6.07 Å². The van der Waals surface area contributed by atoms with Crippen molar-refractivity contribution in [3.05, 3.63) is 17.6 Å². The van der Waals surface area contributed by atoms with Crippen molar-refractivity contribution >= 4 is 22.8 Å². The van der Waals surface area contributed by atoms with Crippen LogP contribution < -0.4 is 5.32 Å². The number of hydrogen-bond acceptors (Lipinski definition) is 4. The van der Waals surface area contributed by atoms with Crippen molar-refractivity contribution in [2.24, 2.45) is 0 Å². The number of aromatic nitrogens is 3. The van der Waals surface area contributed by atoms with Crippen molar-refractivity contribution in [3.63, 3.8) is 0 Å². The van der Waals surface area contributed by atoms with Gasteiger partial charge in [-0.3, -0.25) is 4.79 Å². The smallest absolute Gasteiger partial charge is 0.303 e. The van der Waals surface area contributed by atoms with Crippen molar-refractivity contribution in [2.75, 3.05) is 11.9 Å². The van der Waals surface area contributed by atoms with Crippen molar-refractivity contribution in [3.8, 4) is 0 Å². The third-order valence-electron chi connectivity index (χ3n) is 2.59. The van der Waals surface area contributed by atoms with Gasteiger partial charge < -0.3 is 15.4 Å². The Hall–Kier alpha value is -2.11. The Morgan fingerprint density at radius 2 is 2.22 bits per heavy atom. The molecule has 0 aliphatic heterocycles. The summed E-state index contributed by atoms with van der Waals surface area (Å²) in [5, 5.41) is 12.7. The number of carbonyl (C=O) groups is 1. The number of hydrogen-bond donors (Lipinski definition) is 3. The highest BCUT2D eigenvalue weighted by molar-refractivity contribution is 5.87. The van der Waals surface area contributed by atoms with Crippen molar-refractivity contribution in [2.45, 2.75) is 26.7 Å². The molecule has 0 saturated carbocycles. The van der Waals surface area contributed by atoms with E-state index in [4.69, 9.17) is 5.11 Å². The second-order valence-corrected chi connectivity index (χ2v) is 4.26. The monoisotopic (exact) mass is 248 g/mol. The van der Waals surface area contributed by atoms with Crippen LogP contribution in [0.2, 0.25) is 0 Å². The van der Waals surface area contributed by atoms with Crippen molar-refractivity contribution in [1.82, 2.24) is 15.0 Å². The molecule has 18 heavy (non-hydrogen) atoms. The molecule has 0 amide bonds. The molecule has 96 valence electrons. The molecular weight excluding hydrogens is 232 g/mol. The van der Waals surface area contributed by atoms with Crippen LogP contribution >= 0.6 is 0 Å². The average Bonchev–Trinajstić information content (AvgIpc) is 2.64. The molecular formula is C12H16N4O2. The van der Waals surface area contributed by atoms with Gasteiger partial charge in [-0.15, -0.1) is 0 Å². The van der Waals surface area contributed by atoms with Gasteiger partial charge in [-0.2, -0.15) is 0 Å². The summed E-state index contributed by atoms with van der Waals surface area (Å²) in [6.45, 7) is 4.38. The second kappa shape index (κ2) is 5.03. The van der Waals surface area contributed by atoms with E-state index < -0.39 is 5.97 Å². The summed E-state index contributed by atoms with van der Waals surface area (Å²) >= 11 is 0. The fraction of sp³-hybridized carbons (Fsp3) is 0.417. The van der Waals surface area contributed by atoms with Crippen LogP contribution in [-0.4, -0.2) is 32.6 Å². The van der Waals surface area contributed by atoms with Crippen LogP contribution in [0.3, 0.4) is 0 Å². The van der Waals surface area contributed by atoms with E-state index in [0.717, 1.165) is 22.5 Å². The van der Waals surface area contributed by atoms with E-state index in [-0.39, 0.29) is 6.42 Å². The van der Waals surface area contributed by atoms with Crippen LogP contribution in [0.25, 0.3) is 11.0 Å². The number of carboxylic acid groups (broad SMARTS) is 1. The molecule has 0 fully saturated rings. The molecule has 0 aliphatic rings. The molecule has 0 aromatic carbocycles. The summed E-state index contributed by atoms with van der Waals surface area (Å²) in [5.74, 6) is 0.663. The van der Waals surface area contributed by atoms with Gasteiger partial charge in [0.2, 0.25) is 0 Å². The highest BCUT2D eigenvalue weighted by Gasteiger charge is 2.08. The molecule has 0 radical (unpaired) electrons. The lowest BCUT2D eigenvalue weighted by atomic mass is 10.3. The number of H-pyrrole nitrogens is 1. The molecule has 6 heteroatoms. The highest BCUT2D eigenvalue weighted by Crippen LogP contribution is 2.20. The minimum atomic E-state index is -0.779. The number of nitrogens with zero attached hydrogens (tertiary/aromatic N) is 2. The number of fused-ring (bicyclic) bond motifs is 1. The molecule has 6 nitrogen and oxygen atoms in total. The molecule has 0 saturated heterocycles. The molecule has 3 N–H and O–H groups in total. The molecule has 2 rings (SSSR count). The Labute approximate surface area is 104 Å². The molecule has 2 aromatic heterocycles. The maximum absolute atomic E-state index is 10.4. The number of carboxylic acids is 1. The van der Waals surface area contributed by atoms with Gasteiger partial charge in [0.25, 0.3) is 0 Å². The van der Waals surface area contributed by atoms with Gasteiger partial charge >= 0.3 is 5.97 Å². The van der Waals surface area contributed by atoms with E-state index in [1.54, 1.807) is 0 Å². The molecule has 0 aliphatic carbocycles. The lowest BCUT2D eigenvalue weighted by Crippen LogP contribution is -2.07. The van der Waals surface area contributed by atoms with Crippen LogP contribution in [0.5, 0.6) is 0 Å². The predicted molar refractivity (Wildman–Crippen MR) is 68.7 cm³/mol. The number of aryl methyl sites for hydroxylation is 2. The van der Waals surface area contributed by atoms with Gasteiger partial charge in [0.15, 0.2) is 0 Å². The normalized spacial score (nSPS) is 10.8. The Bertz CT molecular complexity index is 577. The Morgan fingerprint density at radius 1 is 1.44 bits per heavy atom. The first-order chi connectivity index (χ1) is 8.56. The Morgan fingerprint density at radius 3 is 2.94 bits per heavy atom. The van der Waals surface area contributed by atoms with Crippen molar-refractivity contribution in [1.29, 1.82) is 0 Å². The molecule has 0 bridgehead atoms. The topological polar surface area (TPSA) is 90.9 Å². The van der Waals surface area contributed by atoms with Crippen LogP contribution in [0, 0.1) is 13.8 Å². The Kier molecular flexibility index (Phi) is 3.45. The van der Waals surface area contributed by atoms with Crippen molar-refractivity contribution < 1.29 is 9.90 Å². The highest BCUT2D eigenvalue weighted by atomic mass is 16.4. The first-order valence-corrected chi connectivity index (χ1v) is 5.86. The quantitative estimate of drug-likeness (QED) is 0.702. The van der Waals surface area contributed by atoms with E-state index in [1.165, 1.54) is 0 Å². The van der Waals surface area contributed by atoms with E-state index in [9.17, 15) is 4.79 Å². The third-order valence-corrected chi connectivity index (χ3v) is 2.59. The summed E-state index contributed by atoms with van der Waals surface area (Å²) in [6, 6.07) is 1.98. The van der Waals surface area contributed by atoms with E-state index in [2.05, 4.69) is 20.3 Å². The lowest BCUT2D eigenvalue weighted by molar-refractivity contribution is -0.137. The number of aromatic amines is 1. The summed E-state index contributed by atoms with van der Waals surface area (Å²) in [6.07, 6.45) is 0.732. The largest absolute Gasteiger partial charge is 0.481 e. The van der Waals surface area contributed by atoms with Crippen LogP contribution in [0.1, 0.15) is 24.4 Å². The zero-order chi connectivity index (χ0) is 13.1. The first-order valence-electron chi connectivity index (χ1n) is 5.86. The predicted octanol–water partition coefficient (Wildman–Crippen LogP) is 1.85. The summed E-state index contributed by atoms with van der Waals surface area (Å²) in [7, 11) is 0. The fourth-order valence-corrected chi connectivity index (χ4v) is 1.83. The SMILES string of the molecule is Cc1nc(NCCCC(=O)O)c2cc(C)[nH]c2n1. The molecule has 2 heterocycles. The summed E-state index contributed by atoms with van der Waals surface area (Å²) in [4.78, 5) is 22.2.